The van der Waals surface area contributed by atoms with E-state index in [2.05, 4.69) is 15.6 Å². The summed E-state index contributed by atoms with van der Waals surface area (Å²) < 4.78 is 19.6. The Balaban J connectivity index is 1.50. The number of rotatable bonds is 7. The Morgan fingerprint density at radius 3 is 2.60 bits per heavy atom. The number of halogens is 1. The van der Waals surface area contributed by atoms with Crippen LogP contribution in [0, 0.1) is 5.82 Å². The molecule has 1 N–H and O–H groups in total. The first kappa shape index (κ1) is 20.9. The third kappa shape index (κ3) is 4.96. The number of nitrogens with one attached hydrogen (secondary N) is 1. The highest BCUT2D eigenvalue weighted by molar-refractivity contribution is 5.96. The van der Waals surface area contributed by atoms with Crippen LogP contribution in [-0.2, 0) is 20.9 Å². The number of carbonyl (C=O) groups is 3. The average Bonchev–Trinajstić information content (AvgIpc) is 3.15. The number of esters is 1. The van der Waals surface area contributed by atoms with Gasteiger partial charge in [0.1, 0.15) is 11.3 Å². The summed E-state index contributed by atoms with van der Waals surface area (Å²) in [5, 5.41) is 10.5. The van der Waals surface area contributed by atoms with Crippen LogP contribution < -0.4 is 5.32 Å². The van der Waals surface area contributed by atoms with Crippen molar-refractivity contribution in [2.24, 2.45) is 0 Å². The van der Waals surface area contributed by atoms with E-state index in [0.717, 1.165) is 10.4 Å². The molecule has 156 valence electrons. The zero-order valence-electron chi connectivity index (χ0n) is 16.5. The number of carbonyl (C=O) groups excluding carboxylic acids is 3. The normalized spacial score (nSPS) is 10.6. The molecule has 3 rings (SSSR count). The van der Waals surface area contributed by atoms with Crippen LogP contribution in [0.25, 0.3) is 11.0 Å². The van der Waals surface area contributed by atoms with Gasteiger partial charge in [0.25, 0.3) is 5.91 Å². The molecule has 0 fully saturated rings. The molecule has 0 bridgehead atoms. The van der Waals surface area contributed by atoms with E-state index in [-0.39, 0.29) is 12.1 Å². The lowest BCUT2D eigenvalue weighted by atomic mass is 10.2. The number of likely N-dealkylation sites (N-methyl/N-ethyl adjacent to an activating group) is 1. The second-order valence-corrected chi connectivity index (χ2v) is 6.49. The highest BCUT2D eigenvalue weighted by atomic mass is 19.1. The number of aryl methyl sites for hydroxylation is 1. The molecule has 0 unspecified atom stereocenters. The van der Waals surface area contributed by atoms with Gasteiger partial charge >= 0.3 is 5.97 Å². The van der Waals surface area contributed by atoms with E-state index in [1.807, 2.05) is 6.92 Å². The molecule has 3 aromatic rings. The molecule has 0 saturated heterocycles. The van der Waals surface area contributed by atoms with Crippen molar-refractivity contribution < 1.29 is 23.5 Å². The SMILES string of the molecule is CCn1nnc2cc(C(=O)OCC(=O)N(C)CC(=O)Nc3ccc(F)cc3)ccc21. The van der Waals surface area contributed by atoms with E-state index in [9.17, 15) is 18.8 Å². The predicted molar refractivity (Wildman–Crippen MR) is 106 cm³/mol. The maximum absolute atomic E-state index is 12.9. The van der Waals surface area contributed by atoms with Crippen LogP contribution in [0.5, 0.6) is 0 Å². The molecular formula is C20H20FN5O4. The van der Waals surface area contributed by atoms with Gasteiger partial charge in [0.2, 0.25) is 5.91 Å². The fourth-order valence-corrected chi connectivity index (χ4v) is 2.69. The van der Waals surface area contributed by atoms with Gasteiger partial charge in [-0.15, -0.1) is 5.10 Å². The summed E-state index contributed by atoms with van der Waals surface area (Å²) in [5.41, 5.74) is 1.99. The third-order valence-corrected chi connectivity index (χ3v) is 4.31. The standard InChI is InChI=1S/C20H20FN5O4/c1-3-26-17-9-4-13(10-16(17)23-24-26)20(29)30-12-19(28)25(2)11-18(27)22-15-7-5-14(21)6-8-15/h4-10H,3,11-12H2,1-2H3,(H,22,27). The van der Waals surface area contributed by atoms with Gasteiger partial charge in [0.05, 0.1) is 17.6 Å². The van der Waals surface area contributed by atoms with Gasteiger partial charge < -0.3 is 15.0 Å². The molecular weight excluding hydrogens is 393 g/mol. The van der Waals surface area contributed by atoms with Crippen LogP contribution in [0.15, 0.2) is 42.5 Å². The number of fused-ring (bicyclic) bond motifs is 1. The smallest absolute Gasteiger partial charge is 0.338 e. The average molecular weight is 413 g/mol. The van der Waals surface area contributed by atoms with E-state index in [1.165, 1.54) is 31.3 Å². The number of amides is 2. The van der Waals surface area contributed by atoms with Crippen molar-refractivity contribution in [1.29, 1.82) is 0 Å². The van der Waals surface area contributed by atoms with Gasteiger partial charge in [-0.25, -0.2) is 13.9 Å². The van der Waals surface area contributed by atoms with E-state index in [1.54, 1.807) is 22.9 Å². The fourth-order valence-electron chi connectivity index (χ4n) is 2.69. The van der Waals surface area contributed by atoms with Crippen molar-refractivity contribution in [3.63, 3.8) is 0 Å². The number of hydrogen-bond acceptors (Lipinski definition) is 6. The number of ether oxygens (including phenoxy) is 1. The number of hydrogen-bond donors (Lipinski definition) is 1. The fraction of sp³-hybridized carbons (Fsp3) is 0.250. The van der Waals surface area contributed by atoms with Gasteiger partial charge in [-0.1, -0.05) is 5.21 Å². The van der Waals surface area contributed by atoms with Gasteiger partial charge in [0.15, 0.2) is 6.61 Å². The Hall–Kier alpha value is -3.82. The minimum atomic E-state index is -0.680. The summed E-state index contributed by atoms with van der Waals surface area (Å²) in [7, 11) is 1.41. The molecule has 1 heterocycles. The summed E-state index contributed by atoms with van der Waals surface area (Å²) in [5.74, 6) is -2.11. The number of benzene rings is 2. The molecule has 0 spiro atoms. The van der Waals surface area contributed by atoms with Gasteiger partial charge in [0, 0.05) is 19.3 Å². The topological polar surface area (TPSA) is 106 Å². The maximum atomic E-state index is 12.9. The lowest BCUT2D eigenvalue weighted by molar-refractivity contribution is -0.136. The van der Waals surface area contributed by atoms with Crippen LogP contribution in [0.4, 0.5) is 10.1 Å². The summed E-state index contributed by atoms with van der Waals surface area (Å²) in [6.07, 6.45) is 0. The summed E-state index contributed by atoms with van der Waals surface area (Å²) in [6.45, 7) is 1.81. The molecule has 0 aliphatic carbocycles. The number of aromatic nitrogens is 3. The zero-order valence-corrected chi connectivity index (χ0v) is 16.5. The van der Waals surface area contributed by atoms with Crippen molar-refractivity contribution in [1.82, 2.24) is 19.9 Å². The van der Waals surface area contributed by atoms with E-state index >= 15 is 0 Å². The zero-order chi connectivity index (χ0) is 21.7. The summed E-state index contributed by atoms with van der Waals surface area (Å²) in [4.78, 5) is 37.5. The van der Waals surface area contributed by atoms with Crippen molar-refractivity contribution in [2.75, 3.05) is 25.5 Å². The van der Waals surface area contributed by atoms with Crippen molar-refractivity contribution in [3.8, 4) is 0 Å². The van der Waals surface area contributed by atoms with Gasteiger partial charge in [-0.2, -0.15) is 0 Å². The van der Waals surface area contributed by atoms with E-state index in [4.69, 9.17) is 4.74 Å². The monoisotopic (exact) mass is 413 g/mol. The minimum Gasteiger partial charge on any atom is -0.452 e. The van der Waals surface area contributed by atoms with Crippen LogP contribution in [0.1, 0.15) is 17.3 Å². The second-order valence-electron chi connectivity index (χ2n) is 6.49. The summed E-state index contributed by atoms with van der Waals surface area (Å²) >= 11 is 0. The first-order chi connectivity index (χ1) is 14.4. The number of nitrogens with zero attached hydrogens (tertiary/aromatic N) is 4. The van der Waals surface area contributed by atoms with E-state index in [0.29, 0.717) is 17.7 Å². The molecule has 10 heteroatoms. The predicted octanol–water partition coefficient (Wildman–Crippen LogP) is 1.84. The molecule has 0 saturated carbocycles. The van der Waals surface area contributed by atoms with Gasteiger partial charge in [-0.05, 0) is 49.4 Å². The highest BCUT2D eigenvalue weighted by Gasteiger charge is 2.17. The maximum Gasteiger partial charge on any atom is 0.338 e. The molecule has 0 radical (unpaired) electrons. The Kier molecular flexibility index (Phi) is 6.35. The van der Waals surface area contributed by atoms with Crippen LogP contribution in [0.3, 0.4) is 0 Å². The van der Waals surface area contributed by atoms with E-state index < -0.39 is 30.2 Å². The molecule has 0 aliphatic rings. The molecule has 30 heavy (non-hydrogen) atoms. The van der Waals surface area contributed by atoms with Crippen LogP contribution in [0.2, 0.25) is 0 Å². The van der Waals surface area contributed by atoms with Crippen LogP contribution >= 0.6 is 0 Å². The Morgan fingerprint density at radius 1 is 1.17 bits per heavy atom. The Bertz CT molecular complexity index is 1080. The molecule has 2 amide bonds. The van der Waals surface area contributed by atoms with Gasteiger partial charge in [-0.3, -0.25) is 9.59 Å². The van der Waals surface area contributed by atoms with Crippen molar-refractivity contribution >= 4 is 34.5 Å². The molecule has 1 aromatic heterocycles. The molecule has 0 atom stereocenters. The number of anilines is 1. The first-order valence-electron chi connectivity index (χ1n) is 9.17. The van der Waals surface area contributed by atoms with Crippen LogP contribution in [-0.4, -0.2) is 57.9 Å². The highest BCUT2D eigenvalue weighted by Crippen LogP contribution is 2.14. The second kappa shape index (κ2) is 9.12. The lowest BCUT2D eigenvalue weighted by Crippen LogP contribution is -2.37. The quantitative estimate of drug-likeness (QED) is 0.593. The molecule has 2 aromatic carbocycles. The Morgan fingerprint density at radius 2 is 1.90 bits per heavy atom. The van der Waals surface area contributed by atoms with Crippen molar-refractivity contribution in [2.45, 2.75) is 13.5 Å². The third-order valence-electron chi connectivity index (χ3n) is 4.31. The largest absolute Gasteiger partial charge is 0.452 e. The molecule has 9 nitrogen and oxygen atoms in total. The Labute approximate surface area is 171 Å². The minimum absolute atomic E-state index is 0.246. The molecule has 0 aliphatic heterocycles. The first-order valence-corrected chi connectivity index (χ1v) is 9.17. The summed E-state index contributed by atoms with van der Waals surface area (Å²) in [6, 6.07) is 10.1. The van der Waals surface area contributed by atoms with Crippen molar-refractivity contribution in [3.05, 3.63) is 53.8 Å². The lowest BCUT2D eigenvalue weighted by Gasteiger charge is -2.16.